The molecule has 1 aromatic heterocycles. The molecule has 0 saturated carbocycles. The summed E-state index contributed by atoms with van der Waals surface area (Å²) < 4.78 is 20.0. The molecule has 1 aromatic carbocycles. The monoisotopic (exact) mass is 357 g/mol. The van der Waals surface area contributed by atoms with Crippen LogP contribution in [0.3, 0.4) is 0 Å². The Morgan fingerprint density at radius 2 is 2.12 bits per heavy atom. The van der Waals surface area contributed by atoms with Crippen LogP contribution >= 0.6 is 11.3 Å². The van der Waals surface area contributed by atoms with E-state index in [4.69, 9.17) is 4.74 Å². The van der Waals surface area contributed by atoms with Gasteiger partial charge in [-0.3, -0.25) is 4.79 Å². The van der Waals surface area contributed by atoms with Gasteiger partial charge in [0.25, 0.3) is 5.91 Å². The predicted molar refractivity (Wildman–Crippen MR) is 98.8 cm³/mol. The Balaban J connectivity index is 1.62. The van der Waals surface area contributed by atoms with Gasteiger partial charge in [0.2, 0.25) is 0 Å². The van der Waals surface area contributed by atoms with Crippen LogP contribution in [0.4, 0.5) is 4.39 Å². The van der Waals surface area contributed by atoms with Crippen molar-refractivity contribution in [3.63, 3.8) is 0 Å². The van der Waals surface area contributed by atoms with Crippen molar-refractivity contribution in [2.75, 3.05) is 26.3 Å². The van der Waals surface area contributed by atoms with E-state index in [0.717, 1.165) is 32.5 Å². The molecule has 1 saturated heterocycles. The predicted octanol–water partition coefficient (Wildman–Crippen LogP) is 4.49. The summed E-state index contributed by atoms with van der Waals surface area (Å²) in [5.41, 5.74) is 2.16. The minimum absolute atomic E-state index is 0.0434. The fraction of sp³-hybridized carbons (Fsp3) is 0.350. The number of benzene rings is 1. The molecular formula is C20H20FNO2S. The quantitative estimate of drug-likeness (QED) is 0.810. The fourth-order valence-electron chi connectivity index (χ4n) is 3.37. The summed E-state index contributed by atoms with van der Waals surface area (Å²) in [5, 5.41) is 1.10. The molecular weight excluding hydrogens is 337 g/mol. The number of hydrogen-bond acceptors (Lipinski definition) is 3. The Morgan fingerprint density at radius 3 is 2.92 bits per heavy atom. The SMILES string of the molecule is O=C(c1cc2c(CC3=CCCC(F)=C3)cccc2s1)N1CCOCC1. The second kappa shape index (κ2) is 7.10. The molecule has 25 heavy (non-hydrogen) atoms. The second-order valence-electron chi connectivity index (χ2n) is 6.43. The fourth-order valence-corrected chi connectivity index (χ4v) is 4.45. The van der Waals surface area contributed by atoms with Crippen molar-refractivity contribution in [3.8, 4) is 0 Å². The van der Waals surface area contributed by atoms with E-state index in [9.17, 15) is 9.18 Å². The third kappa shape index (κ3) is 3.53. The van der Waals surface area contributed by atoms with Gasteiger partial charge < -0.3 is 9.64 Å². The zero-order chi connectivity index (χ0) is 17.2. The lowest BCUT2D eigenvalue weighted by molar-refractivity contribution is 0.0306. The van der Waals surface area contributed by atoms with Gasteiger partial charge >= 0.3 is 0 Å². The second-order valence-corrected chi connectivity index (χ2v) is 7.51. The molecule has 3 nitrogen and oxygen atoms in total. The molecule has 1 aliphatic heterocycles. The van der Waals surface area contributed by atoms with E-state index >= 15 is 0 Å². The molecule has 1 fully saturated rings. The van der Waals surface area contributed by atoms with Crippen LogP contribution in [0.1, 0.15) is 28.1 Å². The first-order valence-electron chi connectivity index (χ1n) is 8.64. The maximum atomic E-state index is 13.5. The number of carbonyl (C=O) groups is 1. The topological polar surface area (TPSA) is 29.5 Å². The van der Waals surface area contributed by atoms with Gasteiger partial charge in [-0.15, -0.1) is 11.3 Å². The molecule has 0 bridgehead atoms. The summed E-state index contributed by atoms with van der Waals surface area (Å²) in [5.74, 6) is 0.0384. The van der Waals surface area contributed by atoms with Crippen LogP contribution in [0.15, 0.2) is 47.8 Å². The minimum atomic E-state index is -0.0434. The highest BCUT2D eigenvalue weighted by Gasteiger charge is 2.21. The Morgan fingerprint density at radius 1 is 1.28 bits per heavy atom. The van der Waals surface area contributed by atoms with E-state index in [1.807, 2.05) is 23.1 Å². The number of carbonyl (C=O) groups excluding carboxylic acids is 1. The zero-order valence-electron chi connectivity index (χ0n) is 14.0. The number of thiophene rings is 1. The van der Waals surface area contributed by atoms with Crippen molar-refractivity contribution in [2.24, 2.45) is 0 Å². The van der Waals surface area contributed by atoms with Crippen LogP contribution in [0, 0.1) is 0 Å². The third-order valence-electron chi connectivity index (χ3n) is 4.69. The number of fused-ring (bicyclic) bond motifs is 1. The van der Waals surface area contributed by atoms with E-state index in [2.05, 4.69) is 12.1 Å². The molecule has 0 N–H and O–H groups in total. The molecule has 2 aliphatic rings. The van der Waals surface area contributed by atoms with Crippen LogP contribution in [-0.2, 0) is 11.2 Å². The summed E-state index contributed by atoms with van der Waals surface area (Å²) in [4.78, 5) is 15.3. The van der Waals surface area contributed by atoms with Crippen molar-refractivity contribution in [1.29, 1.82) is 0 Å². The lowest BCUT2D eigenvalue weighted by Crippen LogP contribution is -2.40. The lowest BCUT2D eigenvalue weighted by Gasteiger charge is -2.26. The number of allylic oxidation sites excluding steroid dienone is 4. The Bertz CT molecular complexity index is 862. The minimum Gasteiger partial charge on any atom is -0.378 e. The lowest BCUT2D eigenvalue weighted by atomic mass is 9.97. The molecule has 2 aromatic rings. The molecule has 5 heteroatoms. The molecule has 2 heterocycles. The number of hydrogen-bond donors (Lipinski definition) is 0. The van der Waals surface area contributed by atoms with E-state index in [1.54, 1.807) is 6.08 Å². The largest absolute Gasteiger partial charge is 0.378 e. The summed E-state index contributed by atoms with van der Waals surface area (Å²) >= 11 is 1.53. The molecule has 0 spiro atoms. The van der Waals surface area contributed by atoms with Crippen LogP contribution < -0.4 is 0 Å². The van der Waals surface area contributed by atoms with Gasteiger partial charge in [-0.1, -0.05) is 18.2 Å². The molecule has 1 aliphatic carbocycles. The van der Waals surface area contributed by atoms with E-state index in [0.29, 0.717) is 39.1 Å². The van der Waals surface area contributed by atoms with Gasteiger partial charge in [-0.05, 0) is 47.6 Å². The molecule has 0 atom stereocenters. The van der Waals surface area contributed by atoms with Crippen molar-refractivity contribution >= 4 is 27.3 Å². The van der Waals surface area contributed by atoms with Gasteiger partial charge in [0.15, 0.2) is 0 Å². The van der Waals surface area contributed by atoms with E-state index in [-0.39, 0.29) is 11.7 Å². The average Bonchev–Trinajstić information content (AvgIpc) is 3.07. The zero-order valence-corrected chi connectivity index (χ0v) is 14.8. The van der Waals surface area contributed by atoms with E-state index < -0.39 is 0 Å². The number of halogens is 1. The Labute approximate surface area is 150 Å². The first-order valence-corrected chi connectivity index (χ1v) is 9.46. The van der Waals surface area contributed by atoms with Crippen LogP contribution in [-0.4, -0.2) is 37.1 Å². The average molecular weight is 357 g/mol. The number of amides is 1. The summed E-state index contributed by atoms with van der Waals surface area (Å²) in [6.45, 7) is 2.51. The Kier molecular flexibility index (Phi) is 4.68. The third-order valence-corrected chi connectivity index (χ3v) is 5.78. The number of rotatable bonds is 3. The first-order chi connectivity index (χ1) is 12.2. The van der Waals surface area contributed by atoms with Gasteiger partial charge in [0.1, 0.15) is 5.83 Å². The molecule has 0 radical (unpaired) electrons. The summed E-state index contributed by atoms with van der Waals surface area (Å²) in [7, 11) is 0. The van der Waals surface area contributed by atoms with Crippen LogP contribution in [0.2, 0.25) is 0 Å². The van der Waals surface area contributed by atoms with Crippen LogP contribution in [0.5, 0.6) is 0 Å². The standard InChI is InChI=1S/C20H20FNO2S/c21-16-5-1-3-14(12-16)11-15-4-2-6-18-17(15)13-19(25-18)20(23)22-7-9-24-10-8-22/h2-4,6,12-13H,1,5,7-11H2. The summed E-state index contributed by atoms with van der Waals surface area (Å²) in [6, 6.07) is 8.13. The van der Waals surface area contributed by atoms with E-state index in [1.165, 1.54) is 11.3 Å². The van der Waals surface area contributed by atoms with Gasteiger partial charge in [-0.2, -0.15) is 0 Å². The van der Waals surface area contributed by atoms with Gasteiger partial charge in [-0.25, -0.2) is 4.39 Å². The summed E-state index contributed by atoms with van der Waals surface area (Å²) in [6.07, 6.45) is 5.72. The molecule has 4 rings (SSSR count). The Hall–Kier alpha value is -1.98. The molecule has 130 valence electrons. The smallest absolute Gasteiger partial charge is 0.264 e. The maximum absolute atomic E-state index is 13.5. The van der Waals surface area contributed by atoms with Crippen molar-refractivity contribution in [3.05, 3.63) is 58.3 Å². The number of morpholine rings is 1. The van der Waals surface area contributed by atoms with Crippen molar-refractivity contribution < 1.29 is 13.9 Å². The van der Waals surface area contributed by atoms with Gasteiger partial charge in [0.05, 0.1) is 18.1 Å². The highest BCUT2D eigenvalue weighted by Crippen LogP contribution is 2.31. The normalized spacial score (nSPS) is 18.2. The number of ether oxygens (including phenoxy) is 1. The highest BCUT2D eigenvalue weighted by atomic mass is 32.1. The van der Waals surface area contributed by atoms with Crippen molar-refractivity contribution in [1.82, 2.24) is 4.90 Å². The number of nitrogens with zero attached hydrogens (tertiary/aromatic N) is 1. The molecule has 1 amide bonds. The van der Waals surface area contributed by atoms with Crippen LogP contribution in [0.25, 0.3) is 10.1 Å². The molecule has 0 unspecified atom stereocenters. The van der Waals surface area contributed by atoms with Gasteiger partial charge in [0, 0.05) is 24.2 Å². The van der Waals surface area contributed by atoms with Crippen molar-refractivity contribution in [2.45, 2.75) is 19.3 Å². The maximum Gasteiger partial charge on any atom is 0.264 e. The highest BCUT2D eigenvalue weighted by molar-refractivity contribution is 7.20. The first kappa shape index (κ1) is 16.5.